The molecule has 0 atom stereocenters. The third kappa shape index (κ3) is 2.32. The Morgan fingerprint density at radius 1 is 1.36 bits per heavy atom. The van der Waals surface area contributed by atoms with Crippen molar-refractivity contribution in [2.45, 2.75) is 18.9 Å². The first-order chi connectivity index (χ1) is 6.66. The third-order valence-electron chi connectivity index (χ3n) is 2.25. The molecule has 0 aliphatic heterocycles. The van der Waals surface area contributed by atoms with Crippen LogP contribution in [-0.4, -0.2) is 20.2 Å². The Kier molecular flexibility index (Phi) is 2.85. The molecule has 76 valence electrons. The number of benzene rings is 1. The number of halogens is 1. The lowest BCUT2D eigenvalue weighted by atomic mass is 10.3. The van der Waals surface area contributed by atoms with E-state index in [0.29, 0.717) is 6.10 Å². The molecule has 0 saturated heterocycles. The fourth-order valence-corrected chi connectivity index (χ4v) is 1.69. The summed E-state index contributed by atoms with van der Waals surface area (Å²) in [5.41, 5.74) is 1.20. The average molecular weight is 303 g/mol. The smallest absolute Gasteiger partial charge is 0.135 e. The molecule has 0 radical (unpaired) electrons. The van der Waals surface area contributed by atoms with Gasteiger partial charge in [0.1, 0.15) is 5.75 Å². The molecule has 2 nitrogen and oxygen atoms in total. The van der Waals surface area contributed by atoms with E-state index >= 15 is 0 Å². The molecule has 0 N–H and O–H groups in total. The molecule has 0 unspecified atom stereocenters. The predicted octanol–water partition coefficient (Wildman–Crippen LogP) is 2.90. The van der Waals surface area contributed by atoms with Crippen LogP contribution in [-0.2, 0) is 0 Å². The second kappa shape index (κ2) is 3.96. The van der Waals surface area contributed by atoms with Gasteiger partial charge in [0, 0.05) is 25.8 Å². The van der Waals surface area contributed by atoms with Gasteiger partial charge in [-0.3, -0.25) is 0 Å². The molecule has 14 heavy (non-hydrogen) atoms. The molecule has 1 aliphatic carbocycles. The Hall–Kier alpha value is -0.450. The molecule has 0 bridgehead atoms. The molecule has 1 aliphatic rings. The molecule has 0 heterocycles. The molecule has 2 rings (SSSR count). The first-order valence-electron chi connectivity index (χ1n) is 4.80. The fourth-order valence-electron chi connectivity index (χ4n) is 1.23. The number of nitrogens with zero attached hydrogens (tertiary/aromatic N) is 1. The highest BCUT2D eigenvalue weighted by Gasteiger charge is 2.24. The second-order valence-electron chi connectivity index (χ2n) is 3.83. The van der Waals surface area contributed by atoms with Gasteiger partial charge in [-0.1, -0.05) is 0 Å². The Morgan fingerprint density at radius 3 is 2.64 bits per heavy atom. The van der Waals surface area contributed by atoms with E-state index in [1.807, 2.05) is 14.1 Å². The molecule has 1 aromatic carbocycles. The molecule has 1 aromatic rings. The SMILES string of the molecule is CN(C)c1ccc(I)c(OC2CC2)c1. The van der Waals surface area contributed by atoms with Crippen LogP contribution in [0.1, 0.15) is 12.8 Å². The van der Waals surface area contributed by atoms with Crippen LogP contribution < -0.4 is 9.64 Å². The van der Waals surface area contributed by atoms with Crippen molar-refractivity contribution in [3.8, 4) is 5.75 Å². The minimum absolute atomic E-state index is 0.473. The van der Waals surface area contributed by atoms with Crippen LogP contribution >= 0.6 is 22.6 Å². The van der Waals surface area contributed by atoms with E-state index in [2.05, 4.69) is 45.7 Å². The Balaban J connectivity index is 2.21. The second-order valence-corrected chi connectivity index (χ2v) is 4.99. The third-order valence-corrected chi connectivity index (χ3v) is 3.14. The molecule has 1 fully saturated rings. The fraction of sp³-hybridized carbons (Fsp3) is 0.455. The van der Waals surface area contributed by atoms with Crippen molar-refractivity contribution in [1.29, 1.82) is 0 Å². The van der Waals surface area contributed by atoms with Gasteiger partial charge < -0.3 is 9.64 Å². The number of anilines is 1. The van der Waals surface area contributed by atoms with Crippen LogP contribution in [0.2, 0.25) is 0 Å². The lowest BCUT2D eigenvalue weighted by Gasteiger charge is -2.15. The molecule has 3 heteroatoms. The van der Waals surface area contributed by atoms with Crippen molar-refractivity contribution in [3.05, 3.63) is 21.8 Å². The maximum absolute atomic E-state index is 5.81. The highest BCUT2D eigenvalue weighted by Crippen LogP contribution is 2.32. The van der Waals surface area contributed by atoms with Crippen LogP contribution in [0, 0.1) is 3.57 Å². The molecular weight excluding hydrogens is 289 g/mol. The zero-order chi connectivity index (χ0) is 10.1. The van der Waals surface area contributed by atoms with Crippen molar-refractivity contribution in [3.63, 3.8) is 0 Å². The normalized spacial score (nSPS) is 15.4. The monoisotopic (exact) mass is 303 g/mol. The summed E-state index contributed by atoms with van der Waals surface area (Å²) in [7, 11) is 4.09. The zero-order valence-corrected chi connectivity index (χ0v) is 10.6. The Morgan fingerprint density at radius 2 is 2.07 bits per heavy atom. The van der Waals surface area contributed by atoms with Gasteiger partial charge in [0.15, 0.2) is 0 Å². The highest BCUT2D eigenvalue weighted by atomic mass is 127. The minimum Gasteiger partial charge on any atom is -0.489 e. The standard InChI is InChI=1S/C11H14INO/c1-13(2)8-3-6-10(12)11(7-8)14-9-4-5-9/h3,6-7,9H,4-5H2,1-2H3. The van der Waals surface area contributed by atoms with Gasteiger partial charge in [0.25, 0.3) is 0 Å². The van der Waals surface area contributed by atoms with Crippen LogP contribution in [0.15, 0.2) is 18.2 Å². The number of hydrogen-bond donors (Lipinski definition) is 0. The first-order valence-corrected chi connectivity index (χ1v) is 5.88. The number of hydrogen-bond acceptors (Lipinski definition) is 2. The summed E-state index contributed by atoms with van der Waals surface area (Å²) in [5.74, 6) is 1.03. The van der Waals surface area contributed by atoms with Gasteiger partial charge in [0.05, 0.1) is 9.67 Å². The topological polar surface area (TPSA) is 12.5 Å². The van der Waals surface area contributed by atoms with Gasteiger partial charge in [-0.25, -0.2) is 0 Å². The van der Waals surface area contributed by atoms with Gasteiger partial charge in [0.2, 0.25) is 0 Å². The first kappa shape index (κ1) is 10.1. The van der Waals surface area contributed by atoms with Crippen LogP contribution in [0.5, 0.6) is 5.75 Å². The van der Waals surface area contributed by atoms with Gasteiger partial charge in [-0.15, -0.1) is 0 Å². The summed E-state index contributed by atoms with van der Waals surface area (Å²) in [6, 6.07) is 6.33. The van der Waals surface area contributed by atoms with Gasteiger partial charge in [-0.05, 0) is 47.6 Å². The lowest BCUT2D eigenvalue weighted by Crippen LogP contribution is -2.09. The molecular formula is C11H14INO. The van der Waals surface area contributed by atoms with Crippen LogP contribution in [0.25, 0.3) is 0 Å². The van der Waals surface area contributed by atoms with Crippen molar-refractivity contribution < 1.29 is 4.74 Å². The Labute approximate surface area is 98.4 Å². The predicted molar refractivity (Wildman–Crippen MR) is 67.1 cm³/mol. The number of ether oxygens (including phenoxy) is 1. The molecule has 0 aromatic heterocycles. The van der Waals surface area contributed by atoms with Crippen molar-refractivity contribution in [1.82, 2.24) is 0 Å². The van der Waals surface area contributed by atoms with E-state index in [0.717, 1.165) is 5.75 Å². The van der Waals surface area contributed by atoms with E-state index in [4.69, 9.17) is 4.74 Å². The van der Waals surface area contributed by atoms with Crippen molar-refractivity contribution in [2.75, 3.05) is 19.0 Å². The molecule has 1 saturated carbocycles. The quantitative estimate of drug-likeness (QED) is 0.796. The molecule has 0 amide bonds. The summed E-state index contributed by atoms with van der Waals surface area (Å²) in [6.07, 6.45) is 2.89. The highest BCUT2D eigenvalue weighted by molar-refractivity contribution is 14.1. The van der Waals surface area contributed by atoms with E-state index in [1.54, 1.807) is 0 Å². The van der Waals surface area contributed by atoms with Gasteiger partial charge >= 0.3 is 0 Å². The average Bonchev–Trinajstić information content (AvgIpc) is 2.92. The van der Waals surface area contributed by atoms with Crippen LogP contribution in [0.4, 0.5) is 5.69 Å². The van der Waals surface area contributed by atoms with Crippen molar-refractivity contribution in [2.24, 2.45) is 0 Å². The van der Waals surface area contributed by atoms with E-state index in [9.17, 15) is 0 Å². The summed E-state index contributed by atoms with van der Waals surface area (Å²) in [4.78, 5) is 2.09. The summed E-state index contributed by atoms with van der Waals surface area (Å²) < 4.78 is 7.01. The zero-order valence-electron chi connectivity index (χ0n) is 8.46. The summed E-state index contributed by atoms with van der Waals surface area (Å²) >= 11 is 2.32. The van der Waals surface area contributed by atoms with E-state index < -0.39 is 0 Å². The number of rotatable bonds is 3. The van der Waals surface area contributed by atoms with E-state index in [1.165, 1.54) is 22.1 Å². The minimum atomic E-state index is 0.473. The van der Waals surface area contributed by atoms with Gasteiger partial charge in [-0.2, -0.15) is 0 Å². The maximum atomic E-state index is 5.81. The largest absolute Gasteiger partial charge is 0.489 e. The summed E-state index contributed by atoms with van der Waals surface area (Å²) in [6.45, 7) is 0. The van der Waals surface area contributed by atoms with E-state index in [-0.39, 0.29) is 0 Å². The Bertz CT molecular complexity index is 334. The van der Waals surface area contributed by atoms with Crippen molar-refractivity contribution >= 4 is 28.3 Å². The molecule has 0 spiro atoms. The summed E-state index contributed by atoms with van der Waals surface area (Å²) in [5, 5.41) is 0. The maximum Gasteiger partial charge on any atom is 0.135 e. The van der Waals surface area contributed by atoms with Crippen LogP contribution in [0.3, 0.4) is 0 Å². The lowest BCUT2D eigenvalue weighted by molar-refractivity contribution is 0.301.